The van der Waals surface area contributed by atoms with Gasteiger partial charge in [0.1, 0.15) is 17.3 Å². The Morgan fingerprint density at radius 1 is 1.00 bits per heavy atom. The van der Waals surface area contributed by atoms with Gasteiger partial charge in [-0.3, -0.25) is 0 Å². The zero-order valence-corrected chi connectivity index (χ0v) is 11.6. The first-order valence-electron chi connectivity index (χ1n) is 6.06. The van der Waals surface area contributed by atoms with Crippen LogP contribution in [0.1, 0.15) is 25.4 Å². The molecule has 0 saturated heterocycles. The number of rotatable bonds is 1. The van der Waals surface area contributed by atoms with Crippen molar-refractivity contribution in [3.63, 3.8) is 0 Å². The molecule has 3 heterocycles. The summed E-state index contributed by atoms with van der Waals surface area (Å²) in [5.74, 6) is 2.27. The second kappa shape index (κ2) is 3.84. The Morgan fingerprint density at radius 2 is 1.74 bits per heavy atom. The van der Waals surface area contributed by atoms with E-state index in [0.717, 1.165) is 34.4 Å². The number of amidine groups is 2. The summed E-state index contributed by atoms with van der Waals surface area (Å²) in [5, 5.41) is 8.71. The van der Waals surface area contributed by atoms with E-state index >= 15 is 0 Å². The van der Waals surface area contributed by atoms with E-state index in [2.05, 4.69) is 25.2 Å². The number of hydrogen-bond acceptors (Lipinski definition) is 4. The van der Waals surface area contributed by atoms with Crippen molar-refractivity contribution in [1.82, 2.24) is 19.4 Å². The van der Waals surface area contributed by atoms with Gasteiger partial charge < -0.3 is 4.57 Å². The Bertz CT molecular complexity index is 770. The Balaban J connectivity index is 2.24. The number of nitrogens with zero attached hydrogens (tertiary/aromatic N) is 7. The van der Waals surface area contributed by atoms with Gasteiger partial charge in [0.15, 0.2) is 11.5 Å². The molecule has 0 bridgehead atoms. The average Bonchev–Trinajstić information content (AvgIpc) is 2.88. The van der Waals surface area contributed by atoms with Crippen molar-refractivity contribution in [3.8, 4) is 0 Å². The highest BCUT2D eigenvalue weighted by molar-refractivity contribution is 6.47. The van der Waals surface area contributed by atoms with Gasteiger partial charge in [-0.1, -0.05) is 0 Å². The van der Waals surface area contributed by atoms with Crippen molar-refractivity contribution in [3.05, 3.63) is 11.5 Å². The van der Waals surface area contributed by atoms with Crippen molar-refractivity contribution in [2.75, 3.05) is 0 Å². The number of hydrogen-bond donors (Lipinski definition) is 0. The molecule has 0 aromatic carbocycles. The highest BCUT2D eigenvalue weighted by Gasteiger charge is 2.18. The molecule has 0 unspecified atom stereocenters. The molecule has 7 heteroatoms. The molecule has 0 spiro atoms. The number of aliphatic imine (C=N–C) groups is 3. The van der Waals surface area contributed by atoms with Crippen molar-refractivity contribution >= 4 is 28.7 Å². The SMILES string of the molecule is CC1=NC(=Nc2c(C)nn3nc(C)n(C)c23)C(C)=N1. The van der Waals surface area contributed by atoms with Gasteiger partial charge in [0.2, 0.25) is 0 Å². The molecule has 1 aliphatic rings. The Morgan fingerprint density at radius 3 is 2.37 bits per heavy atom. The van der Waals surface area contributed by atoms with Crippen LogP contribution in [0.3, 0.4) is 0 Å². The molecule has 0 amide bonds. The van der Waals surface area contributed by atoms with Crippen molar-refractivity contribution < 1.29 is 0 Å². The first-order valence-corrected chi connectivity index (χ1v) is 6.06. The summed E-state index contributed by atoms with van der Waals surface area (Å²) < 4.78 is 3.58. The highest BCUT2D eigenvalue weighted by atomic mass is 15.5. The minimum Gasteiger partial charge on any atom is -0.313 e. The predicted molar refractivity (Wildman–Crippen MR) is 74.7 cm³/mol. The minimum atomic E-state index is 0.648. The van der Waals surface area contributed by atoms with Crippen LogP contribution in [0.2, 0.25) is 0 Å². The minimum absolute atomic E-state index is 0.648. The molecule has 0 saturated carbocycles. The first-order chi connectivity index (χ1) is 8.97. The normalized spacial score (nSPS) is 17.4. The lowest BCUT2D eigenvalue weighted by molar-refractivity contribution is 0.789. The lowest BCUT2D eigenvalue weighted by atomic mass is 10.3. The Labute approximate surface area is 110 Å². The summed E-state index contributed by atoms with van der Waals surface area (Å²) in [6.45, 7) is 7.62. The molecule has 1 aliphatic heterocycles. The predicted octanol–water partition coefficient (Wildman–Crippen LogP) is 1.61. The van der Waals surface area contributed by atoms with Crippen LogP contribution >= 0.6 is 0 Å². The molecule has 3 rings (SSSR count). The molecule has 0 fully saturated rings. The lowest BCUT2D eigenvalue weighted by Crippen LogP contribution is -2.02. The van der Waals surface area contributed by atoms with Gasteiger partial charge in [-0.05, 0) is 27.7 Å². The monoisotopic (exact) mass is 257 g/mol. The van der Waals surface area contributed by atoms with Gasteiger partial charge >= 0.3 is 0 Å². The van der Waals surface area contributed by atoms with Gasteiger partial charge in [0.05, 0.1) is 11.4 Å². The fourth-order valence-corrected chi connectivity index (χ4v) is 2.11. The molecule has 19 heavy (non-hydrogen) atoms. The largest absolute Gasteiger partial charge is 0.313 e. The molecular weight excluding hydrogens is 242 g/mol. The van der Waals surface area contributed by atoms with Crippen molar-refractivity contribution in [1.29, 1.82) is 0 Å². The van der Waals surface area contributed by atoms with E-state index in [1.807, 2.05) is 39.3 Å². The summed E-state index contributed by atoms with van der Waals surface area (Å²) >= 11 is 0. The van der Waals surface area contributed by atoms with Crippen LogP contribution in [0.25, 0.3) is 5.65 Å². The summed E-state index contributed by atoms with van der Waals surface area (Å²) in [6, 6.07) is 0. The van der Waals surface area contributed by atoms with E-state index in [1.165, 1.54) is 0 Å². The zero-order valence-electron chi connectivity index (χ0n) is 11.6. The summed E-state index contributed by atoms with van der Waals surface area (Å²) in [5.41, 5.74) is 3.33. The maximum atomic E-state index is 4.61. The zero-order chi connectivity index (χ0) is 13.7. The van der Waals surface area contributed by atoms with E-state index in [9.17, 15) is 0 Å². The van der Waals surface area contributed by atoms with Crippen LogP contribution in [0.15, 0.2) is 15.0 Å². The quantitative estimate of drug-likeness (QED) is 0.778. The third-order valence-corrected chi connectivity index (χ3v) is 3.17. The van der Waals surface area contributed by atoms with Crippen LogP contribution < -0.4 is 0 Å². The number of aryl methyl sites for hydroxylation is 3. The molecule has 98 valence electrons. The number of fused-ring (bicyclic) bond motifs is 1. The molecular formula is C12H15N7. The van der Waals surface area contributed by atoms with Crippen LogP contribution in [0.5, 0.6) is 0 Å². The molecule has 2 aromatic heterocycles. The summed E-state index contributed by atoms with van der Waals surface area (Å²) in [4.78, 5) is 13.2. The average molecular weight is 257 g/mol. The molecule has 0 atom stereocenters. The smallest absolute Gasteiger partial charge is 0.184 e. The topological polar surface area (TPSA) is 72.2 Å². The lowest BCUT2D eigenvalue weighted by Gasteiger charge is -1.97. The Kier molecular flexibility index (Phi) is 2.38. The van der Waals surface area contributed by atoms with E-state index in [-0.39, 0.29) is 0 Å². The molecule has 7 nitrogen and oxygen atoms in total. The fourth-order valence-electron chi connectivity index (χ4n) is 2.11. The Hall–Kier alpha value is -2.31. The maximum Gasteiger partial charge on any atom is 0.184 e. The first kappa shape index (κ1) is 11.8. The van der Waals surface area contributed by atoms with Gasteiger partial charge in [0.25, 0.3) is 0 Å². The number of aromatic nitrogens is 4. The molecule has 2 aromatic rings. The second-order valence-corrected chi connectivity index (χ2v) is 4.64. The van der Waals surface area contributed by atoms with Crippen LogP contribution in [0, 0.1) is 13.8 Å². The van der Waals surface area contributed by atoms with Gasteiger partial charge in [-0.15, -0.1) is 9.73 Å². The van der Waals surface area contributed by atoms with E-state index in [1.54, 1.807) is 4.63 Å². The standard InChI is InChI=1S/C12H15N7/c1-6-10(15-11-7(2)13-8(3)14-11)12-18(5)9(4)17-19(12)16-6/h1-5H3. The van der Waals surface area contributed by atoms with Crippen molar-refractivity contribution in [2.24, 2.45) is 22.0 Å². The third kappa shape index (κ3) is 1.69. The van der Waals surface area contributed by atoms with E-state index < -0.39 is 0 Å². The van der Waals surface area contributed by atoms with Crippen molar-refractivity contribution in [2.45, 2.75) is 27.7 Å². The van der Waals surface area contributed by atoms with E-state index in [4.69, 9.17) is 0 Å². The third-order valence-electron chi connectivity index (χ3n) is 3.17. The van der Waals surface area contributed by atoms with Crippen LogP contribution in [-0.2, 0) is 7.05 Å². The fraction of sp³-hybridized carbons (Fsp3) is 0.417. The van der Waals surface area contributed by atoms with Gasteiger partial charge in [-0.25, -0.2) is 15.0 Å². The summed E-state index contributed by atoms with van der Waals surface area (Å²) in [7, 11) is 1.95. The summed E-state index contributed by atoms with van der Waals surface area (Å²) in [6.07, 6.45) is 0. The van der Waals surface area contributed by atoms with Gasteiger partial charge in [0, 0.05) is 7.05 Å². The van der Waals surface area contributed by atoms with E-state index in [0.29, 0.717) is 5.84 Å². The molecule has 0 N–H and O–H groups in total. The van der Waals surface area contributed by atoms with Crippen LogP contribution in [0.4, 0.5) is 5.69 Å². The molecule has 0 aliphatic carbocycles. The van der Waals surface area contributed by atoms with Crippen LogP contribution in [-0.4, -0.2) is 36.8 Å². The second-order valence-electron chi connectivity index (χ2n) is 4.64. The molecule has 0 radical (unpaired) electrons. The van der Waals surface area contributed by atoms with Gasteiger partial charge in [-0.2, -0.15) is 5.10 Å². The highest BCUT2D eigenvalue weighted by Crippen LogP contribution is 2.25. The maximum absolute atomic E-state index is 4.61.